The number of carbonyl (C=O) groups is 1. The van der Waals surface area contributed by atoms with E-state index in [0.29, 0.717) is 31.1 Å². The highest BCUT2D eigenvalue weighted by Crippen LogP contribution is 2.41. The molecule has 0 aromatic heterocycles. The van der Waals surface area contributed by atoms with Crippen molar-refractivity contribution >= 4 is 16.0 Å². The molecule has 0 unspecified atom stereocenters. The van der Waals surface area contributed by atoms with Gasteiger partial charge >= 0.3 is 5.97 Å². The van der Waals surface area contributed by atoms with E-state index in [2.05, 4.69) is 0 Å². The van der Waals surface area contributed by atoms with Crippen LogP contribution in [-0.4, -0.2) is 45.6 Å². The Morgan fingerprint density at radius 3 is 2.30 bits per heavy atom. The molecule has 0 radical (unpaired) electrons. The maximum absolute atomic E-state index is 13.4. The molecule has 30 heavy (non-hydrogen) atoms. The Morgan fingerprint density at radius 1 is 1.07 bits per heavy atom. The van der Waals surface area contributed by atoms with Crippen LogP contribution in [0.4, 0.5) is 0 Å². The lowest BCUT2D eigenvalue weighted by atomic mass is 9.91. The Labute approximate surface area is 177 Å². The zero-order valence-corrected chi connectivity index (χ0v) is 18.3. The summed E-state index contributed by atoms with van der Waals surface area (Å²) in [4.78, 5) is 12.4. The Kier molecular flexibility index (Phi) is 6.99. The van der Waals surface area contributed by atoms with Crippen LogP contribution in [-0.2, 0) is 26.0 Å². The van der Waals surface area contributed by atoms with Gasteiger partial charge in [-0.25, -0.2) is 8.42 Å². The van der Waals surface area contributed by atoms with Gasteiger partial charge in [-0.1, -0.05) is 18.2 Å². The van der Waals surface area contributed by atoms with Crippen LogP contribution in [0.3, 0.4) is 0 Å². The van der Waals surface area contributed by atoms with E-state index in [4.69, 9.17) is 14.2 Å². The van der Waals surface area contributed by atoms with Gasteiger partial charge in [0.15, 0.2) is 11.5 Å². The minimum atomic E-state index is -3.80. The molecule has 1 atom stereocenters. The second kappa shape index (κ2) is 9.49. The molecule has 1 heterocycles. The number of hydrogen-bond donors (Lipinski definition) is 0. The van der Waals surface area contributed by atoms with Gasteiger partial charge in [0.25, 0.3) is 0 Å². The molecule has 2 aromatic carbocycles. The summed E-state index contributed by atoms with van der Waals surface area (Å²) in [5.74, 6) is 0.675. The van der Waals surface area contributed by atoms with E-state index in [-0.39, 0.29) is 17.9 Å². The van der Waals surface area contributed by atoms with Crippen molar-refractivity contribution in [2.24, 2.45) is 0 Å². The number of ether oxygens (including phenoxy) is 3. The first-order chi connectivity index (χ1) is 14.4. The molecule has 0 bridgehead atoms. The Morgan fingerprint density at radius 2 is 1.70 bits per heavy atom. The molecule has 0 aliphatic carbocycles. The van der Waals surface area contributed by atoms with Crippen LogP contribution in [0.25, 0.3) is 0 Å². The number of rotatable bonds is 8. The molecule has 1 aliphatic heterocycles. The van der Waals surface area contributed by atoms with Gasteiger partial charge in [-0.3, -0.25) is 4.79 Å². The fourth-order valence-corrected chi connectivity index (χ4v) is 5.32. The van der Waals surface area contributed by atoms with Gasteiger partial charge in [0.05, 0.1) is 37.7 Å². The van der Waals surface area contributed by atoms with Crippen molar-refractivity contribution in [1.82, 2.24) is 4.31 Å². The summed E-state index contributed by atoms with van der Waals surface area (Å²) >= 11 is 0. The van der Waals surface area contributed by atoms with Gasteiger partial charge in [0.1, 0.15) is 0 Å². The topological polar surface area (TPSA) is 82.1 Å². The molecular formula is C22H27NO6S. The van der Waals surface area contributed by atoms with Crippen LogP contribution in [0.2, 0.25) is 0 Å². The van der Waals surface area contributed by atoms with E-state index in [0.717, 1.165) is 11.1 Å². The van der Waals surface area contributed by atoms with Gasteiger partial charge in [-0.05, 0) is 55.7 Å². The zero-order chi connectivity index (χ0) is 21.7. The van der Waals surface area contributed by atoms with Gasteiger partial charge in [-0.15, -0.1) is 0 Å². The van der Waals surface area contributed by atoms with Gasteiger partial charge < -0.3 is 14.2 Å². The predicted molar refractivity (Wildman–Crippen MR) is 112 cm³/mol. The number of carbonyl (C=O) groups excluding carboxylic acids is 1. The molecule has 162 valence electrons. The van der Waals surface area contributed by atoms with Crippen molar-refractivity contribution in [3.8, 4) is 11.5 Å². The maximum atomic E-state index is 13.4. The highest BCUT2D eigenvalue weighted by molar-refractivity contribution is 7.89. The number of nitrogens with zero attached hydrogens (tertiary/aromatic N) is 1. The summed E-state index contributed by atoms with van der Waals surface area (Å²) < 4.78 is 44.4. The highest BCUT2D eigenvalue weighted by Gasteiger charge is 2.38. The van der Waals surface area contributed by atoms with Crippen LogP contribution < -0.4 is 9.47 Å². The first-order valence-corrected chi connectivity index (χ1v) is 11.4. The molecular weight excluding hydrogens is 406 g/mol. The zero-order valence-electron chi connectivity index (χ0n) is 17.5. The summed E-state index contributed by atoms with van der Waals surface area (Å²) in [6.07, 6.45) is 0.417. The van der Waals surface area contributed by atoms with Crippen LogP contribution in [0, 0.1) is 0 Å². The molecule has 0 fully saturated rings. The second-order valence-electron chi connectivity index (χ2n) is 6.84. The van der Waals surface area contributed by atoms with Gasteiger partial charge in [0.2, 0.25) is 10.0 Å². The standard InChI is InChI=1S/C22H27NO6S/c1-4-28-20-13-16-11-12-23(30(25,26)17-9-7-6-8-10-17)19(15-22(24)27-3)18(16)14-21(20)29-5-2/h6-10,13-14,19H,4-5,11-12,15H2,1-3H3/t19-/m1/s1. The minimum absolute atomic E-state index is 0.0882. The monoisotopic (exact) mass is 433 g/mol. The van der Waals surface area contributed by atoms with Crippen LogP contribution in [0.5, 0.6) is 11.5 Å². The smallest absolute Gasteiger partial charge is 0.307 e. The maximum Gasteiger partial charge on any atom is 0.307 e. The second-order valence-corrected chi connectivity index (χ2v) is 8.73. The molecule has 0 saturated heterocycles. The fourth-order valence-electron chi connectivity index (χ4n) is 3.69. The first-order valence-electron chi connectivity index (χ1n) is 9.98. The average Bonchev–Trinajstić information content (AvgIpc) is 2.75. The number of fused-ring (bicyclic) bond motifs is 1. The van der Waals surface area contributed by atoms with E-state index < -0.39 is 22.0 Å². The lowest BCUT2D eigenvalue weighted by Gasteiger charge is -2.36. The Bertz CT molecular complexity index is 990. The lowest BCUT2D eigenvalue weighted by molar-refractivity contribution is -0.141. The van der Waals surface area contributed by atoms with Crippen molar-refractivity contribution < 1.29 is 27.4 Å². The molecule has 2 aromatic rings. The lowest BCUT2D eigenvalue weighted by Crippen LogP contribution is -2.41. The van der Waals surface area contributed by atoms with E-state index in [1.807, 2.05) is 19.9 Å². The predicted octanol–water partition coefficient (Wildman–Crippen LogP) is 3.34. The van der Waals surface area contributed by atoms with Gasteiger partial charge in [0, 0.05) is 6.54 Å². The van der Waals surface area contributed by atoms with E-state index in [1.54, 1.807) is 36.4 Å². The van der Waals surface area contributed by atoms with Crippen LogP contribution in [0.15, 0.2) is 47.4 Å². The number of hydrogen-bond acceptors (Lipinski definition) is 6. The highest BCUT2D eigenvalue weighted by atomic mass is 32.2. The summed E-state index contributed by atoms with van der Waals surface area (Å²) in [6, 6.07) is 11.2. The third-order valence-corrected chi connectivity index (χ3v) is 6.97. The first kappa shape index (κ1) is 22.1. The van der Waals surface area contributed by atoms with Crippen molar-refractivity contribution in [3.05, 3.63) is 53.6 Å². The molecule has 0 saturated carbocycles. The van der Waals surface area contributed by atoms with E-state index in [1.165, 1.54) is 11.4 Å². The third kappa shape index (κ3) is 4.44. The molecule has 0 amide bonds. The van der Waals surface area contributed by atoms with Crippen molar-refractivity contribution in [1.29, 1.82) is 0 Å². The molecule has 1 aliphatic rings. The Balaban J connectivity index is 2.10. The van der Waals surface area contributed by atoms with Crippen molar-refractivity contribution in [2.75, 3.05) is 26.9 Å². The summed E-state index contributed by atoms with van der Waals surface area (Å²) in [6.45, 7) is 4.94. The molecule has 7 nitrogen and oxygen atoms in total. The minimum Gasteiger partial charge on any atom is -0.490 e. The third-order valence-electron chi connectivity index (χ3n) is 5.05. The van der Waals surface area contributed by atoms with Crippen molar-refractivity contribution in [3.63, 3.8) is 0 Å². The summed E-state index contributed by atoms with van der Waals surface area (Å²) in [5, 5.41) is 0. The molecule has 8 heteroatoms. The quantitative estimate of drug-likeness (QED) is 0.594. The number of sulfonamides is 1. The van der Waals surface area contributed by atoms with Crippen molar-refractivity contribution in [2.45, 2.75) is 37.6 Å². The molecule has 3 rings (SSSR count). The average molecular weight is 434 g/mol. The van der Waals surface area contributed by atoms with Gasteiger partial charge in [-0.2, -0.15) is 4.31 Å². The molecule has 0 spiro atoms. The van der Waals surface area contributed by atoms with E-state index >= 15 is 0 Å². The number of esters is 1. The summed E-state index contributed by atoms with van der Waals surface area (Å²) in [7, 11) is -2.50. The van der Waals surface area contributed by atoms with Crippen LogP contribution in [0.1, 0.15) is 37.4 Å². The van der Waals surface area contributed by atoms with E-state index in [9.17, 15) is 13.2 Å². The van der Waals surface area contributed by atoms with Crippen LogP contribution >= 0.6 is 0 Å². The SMILES string of the molecule is CCOc1cc2c(cc1OCC)[C@@H](CC(=O)OC)N(S(=O)(=O)c1ccccc1)CC2. The normalized spacial score (nSPS) is 16.6. The molecule has 0 N–H and O–H groups in total. The largest absolute Gasteiger partial charge is 0.490 e. The number of benzene rings is 2. The fraction of sp³-hybridized carbons (Fsp3) is 0.409. The summed E-state index contributed by atoms with van der Waals surface area (Å²) in [5.41, 5.74) is 1.67. The Hall–Kier alpha value is -2.58. The number of methoxy groups -OCH3 is 1.